The van der Waals surface area contributed by atoms with E-state index < -0.39 is 0 Å². The van der Waals surface area contributed by atoms with Crippen LogP contribution in [0.2, 0.25) is 0 Å². The van der Waals surface area contributed by atoms with Crippen molar-refractivity contribution in [3.05, 3.63) is 30.3 Å². The third-order valence-corrected chi connectivity index (χ3v) is 2.57. The number of hydrogen-bond acceptors (Lipinski definition) is 3. The predicted molar refractivity (Wildman–Crippen MR) is 70.2 cm³/mol. The van der Waals surface area contributed by atoms with Crippen LogP contribution in [0.3, 0.4) is 0 Å². The summed E-state index contributed by atoms with van der Waals surface area (Å²) in [6, 6.07) is 10.2. The minimum absolute atomic E-state index is 0.214. The summed E-state index contributed by atoms with van der Waals surface area (Å²) >= 11 is 0. The van der Waals surface area contributed by atoms with E-state index in [0.29, 0.717) is 6.61 Å². The Morgan fingerprint density at radius 3 is 2.53 bits per heavy atom. The zero-order valence-corrected chi connectivity index (χ0v) is 10.7. The van der Waals surface area contributed by atoms with Crippen LogP contribution in [0.1, 0.15) is 26.7 Å². The molecule has 17 heavy (non-hydrogen) atoms. The van der Waals surface area contributed by atoms with Crippen LogP contribution < -0.4 is 4.90 Å². The average Bonchev–Trinajstić information content (AvgIpc) is 2.34. The standard InChI is InChI=1S/C14H21NO2/c1-3-4-10-15(11-12-17-13(2)16)14-8-6-5-7-9-14/h5-9H,3-4,10-12H2,1-2H3. The molecule has 3 nitrogen and oxygen atoms in total. The monoisotopic (exact) mass is 235 g/mol. The molecule has 1 rings (SSSR count). The van der Waals surface area contributed by atoms with E-state index in [-0.39, 0.29) is 5.97 Å². The Balaban J connectivity index is 2.51. The summed E-state index contributed by atoms with van der Waals surface area (Å²) < 4.78 is 4.99. The highest BCUT2D eigenvalue weighted by Gasteiger charge is 2.05. The van der Waals surface area contributed by atoms with Gasteiger partial charge >= 0.3 is 5.97 Å². The first-order valence-corrected chi connectivity index (χ1v) is 6.17. The van der Waals surface area contributed by atoms with Crippen molar-refractivity contribution in [2.24, 2.45) is 0 Å². The van der Waals surface area contributed by atoms with Crippen molar-refractivity contribution in [1.82, 2.24) is 0 Å². The molecular formula is C14H21NO2. The second kappa shape index (κ2) is 7.71. The maximum Gasteiger partial charge on any atom is 0.302 e. The van der Waals surface area contributed by atoms with Crippen molar-refractivity contribution < 1.29 is 9.53 Å². The summed E-state index contributed by atoms with van der Waals surface area (Å²) in [4.78, 5) is 13.0. The van der Waals surface area contributed by atoms with E-state index in [9.17, 15) is 4.79 Å². The Hall–Kier alpha value is -1.51. The van der Waals surface area contributed by atoms with Gasteiger partial charge in [0.15, 0.2) is 0 Å². The van der Waals surface area contributed by atoms with Crippen molar-refractivity contribution in [2.75, 3.05) is 24.6 Å². The van der Waals surface area contributed by atoms with E-state index in [2.05, 4.69) is 24.0 Å². The summed E-state index contributed by atoms with van der Waals surface area (Å²) in [5.74, 6) is -0.214. The quantitative estimate of drug-likeness (QED) is 0.681. The number of anilines is 1. The van der Waals surface area contributed by atoms with Gasteiger partial charge in [-0.1, -0.05) is 31.5 Å². The van der Waals surface area contributed by atoms with Gasteiger partial charge in [-0.3, -0.25) is 4.79 Å². The van der Waals surface area contributed by atoms with E-state index >= 15 is 0 Å². The lowest BCUT2D eigenvalue weighted by Crippen LogP contribution is -2.29. The number of para-hydroxylation sites is 1. The fourth-order valence-electron chi connectivity index (χ4n) is 1.66. The topological polar surface area (TPSA) is 29.5 Å². The molecule has 0 atom stereocenters. The summed E-state index contributed by atoms with van der Waals surface area (Å²) in [7, 11) is 0. The van der Waals surface area contributed by atoms with Crippen LogP contribution in [-0.2, 0) is 9.53 Å². The van der Waals surface area contributed by atoms with Gasteiger partial charge in [0.05, 0.1) is 6.54 Å². The number of rotatable bonds is 7. The molecule has 1 aromatic rings. The highest BCUT2D eigenvalue weighted by Crippen LogP contribution is 2.13. The highest BCUT2D eigenvalue weighted by molar-refractivity contribution is 5.65. The van der Waals surface area contributed by atoms with Gasteiger partial charge in [-0.15, -0.1) is 0 Å². The van der Waals surface area contributed by atoms with Crippen molar-refractivity contribution in [2.45, 2.75) is 26.7 Å². The zero-order valence-electron chi connectivity index (χ0n) is 10.7. The molecule has 0 radical (unpaired) electrons. The van der Waals surface area contributed by atoms with Crippen LogP contribution in [0.5, 0.6) is 0 Å². The molecule has 0 bridgehead atoms. The molecule has 0 amide bonds. The minimum Gasteiger partial charge on any atom is -0.464 e. The number of unbranched alkanes of at least 4 members (excludes halogenated alkanes) is 1. The van der Waals surface area contributed by atoms with Gasteiger partial charge in [0.25, 0.3) is 0 Å². The maximum atomic E-state index is 10.7. The van der Waals surface area contributed by atoms with Crippen LogP contribution >= 0.6 is 0 Å². The molecule has 0 aliphatic carbocycles. The lowest BCUT2D eigenvalue weighted by molar-refractivity contribution is -0.140. The highest BCUT2D eigenvalue weighted by atomic mass is 16.5. The minimum atomic E-state index is -0.214. The molecule has 0 saturated heterocycles. The Morgan fingerprint density at radius 1 is 1.24 bits per heavy atom. The van der Waals surface area contributed by atoms with Gasteiger partial charge in [-0.05, 0) is 18.6 Å². The number of hydrogen-bond donors (Lipinski definition) is 0. The van der Waals surface area contributed by atoms with E-state index in [0.717, 1.165) is 25.9 Å². The number of esters is 1. The molecule has 0 aliphatic rings. The van der Waals surface area contributed by atoms with Crippen LogP contribution in [0.4, 0.5) is 5.69 Å². The first-order chi connectivity index (χ1) is 8.24. The molecule has 0 fully saturated rings. The Labute approximate surface area is 103 Å². The number of carbonyl (C=O) groups is 1. The van der Waals surface area contributed by atoms with Crippen molar-refractivity contribution in [3.8, 4) is 0 Å². The molecule has 0 aromatic heterocycles. The van der Waals surface area contributed by atoms with Crippen molar-refractivity contribution in [3.63, 3.8) is 0 Å². The number of carbonyl (C=O) groups excluding carboxylic acids is 1. The van der Waals surface area contributed by atoms with Crippen molar-refractivity contribution in [1.29, 1.82) is 0 Å². The molecule has 0 unspecified atom stereocenters. The molecule has 3 heteroatoms. The van der Waals surface area contributed by atoms with Crippen molar-refractivity contribution >= 4 is 11.7 Å². The van der Waals surface area contributed by atoms with Crippen LogP contribution in [0, 0.1) is 0 Å². The second-order valence-electron chi connectivity index (χ2n) is 4.02. The average molecular weight is 235 g/mol. The van der Waals surface area contributed by atoms with Gasteiger partial charge in [-0.2, -0.15) is 0 Å². The van der Waals surface area contributed by atoms with Crippen LogP contribution in [0.25, 0.3) is 0 Å². The molecular weight excluding hydrogens is 214 g/mol. The zero-order chi connectivity index (χ0) is 12.5. The molecule has 0 spiro atoms. The van der Waals surface area contributed by atoms with E-state index in [1.807, 2.05) is 18.2 Å². The van der Waals surface area contributed by atoms with Gasteiger partial charge in [0.2, 0.25) is 0 Å². The second-order valence-corrected chi connectivity index (χ2v) is 4.02. The Kier molecular flexibility index (Phi) is 6.15. The molecule has 94 valence electrons. The normalized spacial score (nSPS) is 10.0. The largest absolute Gasteiger partial charge is 0.464 e. The molecule has 0 heterocycles. The van der Waals surface area contributed by atoms with Gasteiger partial charge in [0.1, 0.15) is 6.61 Å². The fraction of sp³-hybridized carbons (Fsp3) is 0.500. The van der Waals surface area contributed by atoms with Gasteiger partial charge in [0, 0.05) is 19.2 Å². The van der Waals surface area contributed by atoms with Gasteiger partial charge in [-0.25, -0.2) is 0 Å². The van der Waals surface area contributed by atoms with E-state index in [1.165, 1.54) is 12.6 Å². The Morgan fingerprint density at radius 2 is 1.94 bits per heavy atom. The van der Waals surface area contributed by atoms with Crippen LogP contribution in [-0.4, -0.2) is 25.7 Å². The SMILES string of the molecule is CCCCN(CCOC(C)=O)c1ccccc1. The fourth-order valence-corrected chi connectivity index (χ4v) is 1.66. The summed E-state index contributed by atoms with van der Waals surface area (Å²) in [5, 5.41) is 0. The first-order valence-electron chi connectivity index (χ1n) is 6.17. The smallest absolute Gasteiger partial charge is 0.302 e. The number of nitrogens with zero attached hydrogens (tertiary/aromatic N) is 1. The maximum absolute atomic E-state index is 10.7. The first kappa shape index (κ1) is 13.6. The Bertz CT molecular complexity index is 324. The molecule has 0 aliphatic heterocycles. The summed E-state index contributed by atoms with van der Waals surface area (Å²) in [6.45, 7) is 5.83. The lowest BCUT2D eigenvalue weighted by Gasteiger charge is -2.24. The summed E-state index contributed by atoms with van der Waals surface area (Å²) in [5.41, 5.74) is 1.19. The predicted octanol–water partition coefficient (Wildman–Crippen LogP) is 2.86. The third kappa shape index (κ3) is 5.38. The molecule has 0 saturated carbocycles. The van der Waals surface area contributed by atoms with E-state index in [1.54, 1.807) is 0 Å². The third-order valence-electron chi connectivity index (χ3n) is 2.57. The van der Waals surface area contributed by atoms with Crippen LogP contribution in [0.15, 0.2) is 30.3 Å². The molecule has 1 aromatic carbocycles. The summed E-state index contributed by atoms with van der Waals surface area (Å²) in [6.07, 6.45) is 2.31. The lowest BCUT2D eigenvalue weighted by atomic mass is 10.2. The molecule has 0 N–H and O–H groups in total. The van der Waals surface area contributed by atoms with Gasteiger partial charge < -0.3 is 9.64 Å². The number of benzene rings is 1. The number of ether oxygens (including phenoxy) is 1. The van der Waals surface area contributed by atoms with E-state index in [4.69, 9.17) is 4.74 Å².